The molecule has 2 aliphatic heterocycles. The molecule has 0 spiro atoms. The molecular weight excluding hydrogens is 417 g/mol. The molecule has 1 aliphatic carbocycles. The second kappa shape index (κ2) is 7.53. The van der Waals surface area contributed by atoms with Crippen molar-refractivity contribution in [1.29, 1.82) is 0 Å². The summed E-state index contributed by atoms with van der Waals surface area (Å²) in [6.45, 7) is 1.54. The van der Waals surface area contributed by atoms with E-state index in [4.69, 9.17) is 9.15 Å². The van der Waals surface area contributed by atoms with E-state index in [1.807, 2.05) is 0 Å². The summed E-state index contributed by atoms with van der Waals surface area (Å²) in [6.07, 6.45) is -0.0208. The van der Waals surface area contributed by atoms with E-state index in [0.717, 1.165) is 4.90 Å². The molecule has 0 radical (unpaired) electrons. The van der Waals surface area contributed by atoms with Gasteiger partial charge in [0.05, 0.1) is 17.5 Å². The van der Waals surface area contributed by atoms with E-state index in [9.17, 15) is 29.9 Å². The zero-order valence-corrected chi connectivity index (χ0v) is 17.4. The second-order valence-electron chi connectivity index (χ2n) is 8.91. The Bertz CT molecular complexity index is 1070. The number of rotatable bonds is 4. The minimum Gasteiger partial charge on any atom is -0.461 e. The molecule has 5 rings (SSSR count). The number of hydrogen-bond acceptors (Lipinski definition) is 8. The molecule has 1 aromatic carbocycles. The van der Waals surface area contributed by atoms with Crippen molar-refractivity contribution in [2.45, 2.75) is 38.3 Å². The zero-order chi connectivity index (χ0) is 22.8. The molecule has 2 amide bonds. The van der Waals surface area contributed by atoms with Crippen LogP contribution >= 0.6 is 0 Å². The van der Waals surface area contributed by atoms with Crippen LogP contribution in [0.25, 0.3) is 0 Å². The highest BCUT2D eigenvalue weighted by molar-refractivity contribution is 6.58. The number of hydrogen-bond donors (Lipinski definition) is 4. The average Bonchev–Trinajstić information content (AvgIpc) is 3.44. The Hall–Kier alpha value is -2.50. The van der Waals surface area contributed by atoms with E-state index < -0.39 is 48.6 Å². The number of carbonyl (C=O) groups excluding carboxylic acids is 2. The monoisotopic (exact) mass is 441 g/mol. The number of anilines is 1. The van der Waals surface area contributed by atoms with Gasteiger partial charge in [0.2, 0.25) is 11.8 Å². The number of ether oxygens (including phenoxy) is 1. The Labute approximate surface area is 184 Å². The molecule has 0 unspecified atom stereocenters. The number of carbonyl (C=O) groups is 2. The maximum Gasteiger partial charge on any atom is 0.488 e. The first-order valence-corrected chi connectivity index (χ1v) is 10.7. The Kier molecular flexibility index (Phi) is 5.03. The summed E-state index contributed by atoms with van der Waals surface area (Å²) < 4.78 is 11.6. The van der Waals surface area contributed by atoms with E-state index in [1.165, 1.54) is 12.1 Å². The maximum atomic E-state index is 13.5. The van der Waals surface area contributed by atoms with E-state index in [0.29, 0.717) is 17.9 Å². The van der Waals surface area contributed by atoms with Crippen molar-refractivity contribution in [2.75, 3.05) is 4.90 Å². The number of benzene rings is 1. The third kappa shape index (κ3) is 3.06. The summed E-state index contributed by atoms with van der Waals surface area (Å²) in [7, 11) is -1.73. The van der Waals surface area contributed by atoms with E-state index in [2.05, 4.69) is 0 Å². The third-order valence-electron chi connectivity index (χ3n) is 7.14. The third-order valence-corrected chi connectivity index (χ3v) is 7.14. The van der Waals surface area contributed by atoms with Crippen molar-refractivity contribution in [3.63, 3.8) is 0 Å². The Morgan fingerprint density at radius 3 is 2.62 bits per heavy atom. The van der Waals surface area contributed by atoms with E-state index >= 15 is 0 Å². The van der Waals surface area contributed by atoms with Gasteiger partial charge >= 0.3 is 7.12 Å². The normalized spacial score (nSPS) is 34.0. The number of aliphatic hydroxyl groups excluding tert-OH is 1. The van der Waals surface area contributed by atoms with Gasteiger partial charge in [-0.1, -0.05) is 19.1 Å². The molecule has 3 heterocycles. The second-order valence-corrected chi connectivity index (χ2v) is 8.91. The summed E-state index contributed by atoms with van der Waals surface area (Å²) in [5, 5.41) is 39.6. The first-order chi connectivity index (χ1) is 15.2. The molecule has 3 aliphatic rings. The molecule has 6 atom stereocenters. The van der Waals surface area contributed by atoms with Crippen LogP contribution in [0.15, 0.2) is 40.8 Å². The SMILES string of the molecule is C[C@H]1C[C@@H]2C(=O)N(c3cccc(B(O)O)c3)C(=O)[C@@H]2[C@@H]2C[C@@H](c3ccc(CO)o3)O[C@]12O. The lowest BCUT2D eigenvalue weighted by atomic mass is 9.65. The maximum absolute atomic E-state index is 13.5. The Morgan fingerprint density at radius 1 is 1.16 bits per heavy atom. The molecule has 10 heteroatoms. The van der Waals surface area contributed by atoms with Crippen molar-refractivity contribution in [2.24, 2.45) is 23.7 Å². The first kappa shape index (κ1) is 21.4. The molecule has 2 saturated heterocycles. The van der Waals surface area contributed by atoms with Gasteiger partial charge < -0.3 is 29.4 Å². The molecule has 0 bridgehead atoms. The van der Waals surface area contributed by atoms with Gasteiger partial charge in [0, 0.05) is 11.8 Å². The minimum absolute atomic E-state index is 0.171. The fraction of sp³-hybridized carbons (Fsp3) is 0.455. The van der Waals surface area contributed by atoms with E-state index in [1.54, 1.807) is 31.2 Å². The van der Waals surface area contributed by atoms with Crippen LogP contribution in [0.5, 0.6) is 0 Å². The molecule has 168 valence electrons. The van der Waals surface area contributed by atoms with Gasteiger partial charge in [-0.15, -0.1) is 0 Å². The highest BCUT2D eigenvalue weighted by Gasteiger charge is 2.66. The summed E-state index contributed by atoms with van der Waals surface area (Å²) in [5.74, 6) is -3.92. The van der Waals surface area contributed by atoms with Crippen LogP contribution < -0.4 is 10.4 Å². The van der Waals surface area contributed by atoms with Gasteiger partial charge in [-0.2, -0.15) is 0 Å². The molecule has 9 nitrogen and oxygen atoms in total. The quantitative estimate of drug-likeness (QED) is 0.386. The van der Waals surface area contributed by atoms with Crippen molar-refractivity contribution >= 4 is 30.1 Å². The van der Waals surface area contributed by atoms with Gasteiger partial charge in [-0.25, -0.2) is 0 Å². The van der Waals surface area contributed by atoms with Crippen LogP contribution in [0.1, 0.15) is 37.4 Å². The number of nitrogens with zero attached hydrogens (tertiary/aromatic N) is 1. The number of fused-ring (bicyclic) bond motifs is 3. The van der Waals surface area contributed by atoms with Crippen molar-refractivity contribution in [3.8, 4) is 0 Å². The fourth-order valence-electron chi connectivity index (χ4n) is 5.55. The molecule has 2 aromatic rings. The minimum atomic E-state index is -1.73. The molecule has 32 heavy (non-hydrogen) atoms. The molecular formula is C22H24BNO8. The first-order valence-electron chi connectivity index (χ1n) is 10.7. The summed E-state index contributed by atoms with van der Waals surface area (Å²) in [6, 6.07) is 9.33. The standard InChI is InChI=1S/C22H24BNO8/c1-11-7-15-19(16-9-18(32-22(11,16)28)17-6-5-14(10-25)31-17)21(27)24(20(15)26)13-4-2-3-12(8-13)23(29)30/h2-6,8,11,15-16,18-19,25,28-30H,7,9-10H2,1H3/t11-,15-,16-,18-,19-,22+/m0/s1. The van der Waals surface area contributed by atoms with Crippen LogP contribution in [0.3, 0.4) is 0 Å². The predicted molar refractivity (Wildman–Crippen MR) is 111 cm³/mol. The lowest BCUT2D eigenvalue weighted by Crippen LogP contribution is -2.52. The fourth-order valence-corrected chi connectivity index (χ4v) is 5.55. The largest absolute Gasteiger partial charge is 0.488 e. The summed E-state index contributed by atoms with van der Waals surface area (Å²) in [5.41, 5.74) is 0.440. The van der Waals surface area contributed by atoms with Crippen LogP contribution in [-0.4, -0.2) is 45.0 Å². The van der Waals surface area contributed by atoms with Gasteiger partial charge in [0.1, 0.15) is 24.2 Å². The number of imide groups is 1. The lowest BCUT2D eigenvalue weighted by Gasteiger charge is -2.43. The van der Waals surface area contributed by atoms with Crippen molar-refractivity contribution in [3.05, 3.63) is 47.9 Å². The van der Waals surface area contributed by atoms with Crippen molar-refractivity contribution in [1.82, 2.24) is 0 Å². The molecule has 1 aromatic heterocycles. The highest BCUT2D eigenvalue weighted by Crippen LogP contribution is 2.58. The topological polar surface area (TPSA) is 141 Å². The van der Waals surface area contributed by atoms with Crippen LogP contribution in [-0.2, 0) is 20.9 Å². The summed E-state index contributed by atoms with van der Waals surface area (Å²) >= 11 is 0. The number of aliphatic hydroxyl groups is 2. The molecule has 1 saturated carbocycles. The van der Waals surface area contributed by atoms with Crippen LogP contribution in [0.2, 0.25) is 0 Å². The van der Waals surface area contributed by atoms with Crippen LogP contribution in [0.4, 0.5) is 5.69 Å². The Balaban J connectivity index is 1.48. The number of amides is 2. The van der Waals surface area contributed by atoms with Gasteiger partial charge in [0.15, 0.2) is 5.79 Å². The zero-order valence-electron chi connectivity index (χ0n) is 17.4. The average molecular weight is 441 g/mol. The predicted octanol–water partition coefficient (Wildman–Crippen LogP) is 0.0635. The molecule has 3 fully saturated rings. The smallest absolute Gasteiger partial charge is 0.461 e. The van der Waals surface area contributed by atoms with Gasteiger partial charge in [-0.05, 0) is 42.6 Å². The van der Waals surface area contributed by atoms with Gasteiger partial charge in [-0.3, -0.25) is 14.5 Å². The van der Waals surface area contributed by atoms with Crippen molar-refractivity contribution < 1.29 is 39.0 Å². The molecule has 4 N–H and O–H groups in total. The highest BCUT2D eigenvalue weighted by atomic mass is 16.6. The Morgan fingerprint density at radius 2 is 1.94 bits per heavy atom. The number of furan rings is 1. The summed E-state index contributed by atoms with van der Waals surface area (Å²) in [4.78, 5) is 27.8. The van der Waals surface area contributed by atoms with Gasteiger partial charge in [0.25, 0.3) is 0 Å². The lowest BCUT2D eigenvalue weighted by molar-refractivity contribution is -0.266. The van der Waals surface area contributed by atoms with E-state index in [-0.39, 0.29) is 30.1 Å². The van der Waals surface area contributed by atoms with Crippen LogP contribution in [0, 0.1) is 23.7 Å².